The number of hydrogen-bond donors (Lipinski definition) is 1. The lowest BCUT2D eigenvalue weighted by molar-refractivity contribution is 0.295. The maximum atomic E-state index is 13.8. The Labute approximate surface area is 187 Å². The van der Waals surface area contributed by atoms with Gasteiger partial charge in [0.25, 0.3) is 0 Å². The van der Waals surface area contributed by atoms with Crippen molar-refractivity contribution in [1.82, 2.24) is 5.32 Å². The second-order valence-corrected chi connectivity index (χ2v) is 7.85. The van der Waals surface area contributed by atoms with Gasteiger partial charge in [-0.05, 0) is 49.6 Å². The van der Waals surface area contributed by atoms with E-state index in [1.165, 1.54) is 11.6 Å². The summed E-state index contributed by atoms with van der Waals surface area (Å²) in [6, 6.07) is 23.5. The van der Waals surface area contributed by atoms with E-state index in [1.807, 2.05) is 30.3 Å². The van der Waals surface area contributed by atoms with Gasteiger partial charge >= 0.3 is 0 Å². The maximum absolute atomic E-state index is 13.8. The van der Waals surface area contributed by atoms with E-state index >= 15 is 0 Å². The third kappa shape index (κ3) is 7.46. The van der Waals surface area contributed by atoms with E-state index in [0.717, 1.165) is 28.6 Å². The van der Waals surface area contributed by atoms with Crippen LogP contribution in [0.1, 0.15) is 30.0 Å². The summed E-state index contributed by atoms with van der Waals surface area (Å²) in [6.45, 7) is 3.10. The molecule has 2 nitrogen and oxygen atoms in total. The monoisotopic (exact) mass is 477 g/mol. The molecular formula is C24H26BrClFNO. The molecule has 154 valence electrons. The molecule has 3 aromatic carbocycles. The van der Waals surface area contributed by atoms with Crippen molar-refractivity contribution in [3.63, 3.8) is 0 Å². The quantitative estimate of drug-likeness (QED) is 0.369. The molecule has 5 heteroatoms. The first-order valence-electron chi connectivity index (χ1n) is 9.54. The number of nitrogens with one attached hydrogen (secondary N) is 1. The fourth-order valence-corrected chi connectivity index (χ4v) is 3.42. The second kappa shape index (κ2) is 12.0. The van der Waals surface area contributed by atoms with Crippen molar-refractivity contribution in [2.75, 3.05) is 0 Å². The zero-order valence-electron chi connectivity index (χ0n) is 16.4. The van der Waals surface area contributed by atoms with Crippen LogP contribution >= 0.6 is 28.3 Å². The number of ether oxygens (including phenoxy) is 1. The Balaban J connectivity index is 0.00000300. The maximum Gasteiger partial charge on any atom is 0.129 e. The summed E-state index contributed by atoms with van der Waals surface area (Å²) in [5.41, 5.74) is 2.96. The zero-order chi connectivity index (χ0) is 19.8. The van der Waals surface area contributed by atoms with Crippen LogP contribution in [0.2, 0.25) is 0 Å². The smallest absolute Gasteiger partial charge is 0.129 e. The molecule has 0 aliphatic heterocycles. The molecule has 0 radical (unpaired) electrons. The highest BCUT2D eigenvalue weighted by Crippen LogP contribution is 2.25. The van der Waals surface area contributed by atoms with Crippen molar-refractivity contribution in [2.24, 2.45) is 0 Å². The number of halogens is 3. The van der Waals surface area contributed by atoms with Gasteiger partial charge in [0.15, 0.2) is 0 Å². The molecule has 0 spiro atoms. The Hall–Kier alpha value is -1.88. The third-order valence-corrected chi connectivity index (χ3v) is 5.21. The summed E-state index contributed by atoms with van der Waals surface area (Å²) in [4.78, 5) is 0. The highest BCUT2D eigenvalue weighted by Gasteiger charge is 2.09. The molecule has 0 aliphatic rings. The summed E-state index contributed by atoms with van der Waals surface area (Å²) in [5.74, 6) is 0.531. The zero-order valence-corrected chi connectivity index (χ0v) is 18.8. The summed E-state index contributed by atoms with van der Waals surface area (Å²) < 4.78 is 20.8. The van der Waals surface area contributed by atoms with Gasteiger partial charge in [-0.3, -0.25) is 0 Å². The van der Waals surface area contributed by atoms with Gasteiger partial charge in [0, 0.05) is 28.2 Å². The van der Waals surface area contributed by atoms with Gasteiger partial charge in [-0.2, -0.15) is 0 Å². The van der Waals surface area contributed by atoms with Gasteiger partial charge < -0.3 is 10.1 Å². The molecule has 3 rings (SSSR count). The van der Waals surface area contributed by atoms with E-state index in [9.17, 15) is 4.39 Å². The molecule has 0 aromatic heterocycles. The molecule has 0 bridgehead atoms. The van der Waals surface area contributed by atoms with E-state index in [0.29, 0.717) is 18.2 Å². The molecule has 0 fully saturated rings. The third-order valence-electron chi connectivity index (χ3n) is 4.71. The average Bonchev–Trinajstić information content (AvgIpc) is 2.72. The predicted molar refractivity (Wildman–Crippen MR) is 123 cm³/mol. The van der Waals surface area contributed by atoms with Gasteiger partial charge in [-0.15, -0.1) is 12.4 Å². The van der Waals surface area contributed by atoms with Gasteiger partial charge in [0.2, 0.25) is 0 Å². The molecule has 0 saturated heterocycles. The first kappa shape index (κ1) is 23.4. The molecule has 0 amide bonds. The van der Waals surface area contributed by atoms with Crippen molar-refractivity contribution in [1.29, 1.82) is 0 Å². The molecule has 1 N–H and O–H groups in total. The van der Waals surface area contributed by atoms with Crippen LogP contribution in [0, 0.1) is 5.82 Å². The molecule has 0 saturated carbocycles. The number of hydrogen-bond acceptors (Lipinski definition) is 2. The molecule has 1 unspecified atom stereocenters. The van der Waals surface area contributed by atoms with Crippen LogP contribution < -0.4 is 10.1 Å². The fraction of sp³-hybridized carbons (Fsp3) is 0.250. The lowest BCUT2D eigenvalue weighted by Gasteiger charge is -2.17. The van der Waals surface area contributed by atoms with E-state index in [4.69, 9.17) is 4.74 Å². The Morgan fingerprint density at radius 3 is 2.45 bits per heavy atom. The minimum Gasteiger partial charge on any atom is -0.488 e. The van der Waals surface area contributed by atoms with E-state index in [2.05, 4.69) is 52.4 Å². The van der Waals surface area contributed by atoms with Crippen molar-refractivity contribution < 1.29 is 9.13 Å². The summed E-state index contributed by atoms with van der Waals surface area (Å²) >= 11 is 3.53. The number of aryl methyl sites for hydroxylation is 1. The number of rotatable bonds is 9. The van der Waals surface area contributed by atoms with Crippen LogP contribution in [0.5, 0.6) is 5.75 Å². The molecule has 0 heterocycles. The van der Waals surface area contributed by atoms with E-state index < -0.39 is 0 Å². The Morgan fingerprint density at radius 1 is 0.966 bits per heavy atom. The highest BCUT2D eigenvalue weighted by molar-refractivity contribution is 9.10. The Kier molecular flexibility index (Phi) is 9.65. The predicted octanol–water partition coefficient (Wildman–Crippen LogP) is 6.70. The molecule has 29 heavy (non-hydrogen) atoms. The minimum atomic E-state index is -0.242. The molecular weight excluding hydrogens is 453 g/mol. The molecule has 1 atom stereocenters. The molecule has 3 aromatic rings. The molecule has 0 aliphatic carbocycles. The van der Waals surface area contributed by atoms with Gasteiger partial charge in [0.05, 0.1) is 0 Å². The Morgan fingerprint density at radius 2 is 1.69 bits per heavy atom. The summed E-state index contributed by atoms with van der Waals surface area (Å²) in [5, 5.41) is 3.57. The second-order valence-electron chi connectivity index (χ2n) is 6.94. The van der Waals surface area contributed by atoms with E-state index in [1.54, 1.807) is 12.1 Å². The van der Waals surface area contributed by atoms with Crippen LogP contribution in [-0.2, 0) is 19.6 Å². The van der Waals surface area contributed by atoms with Gasteiger partial charge in [0.1, 0.15) is 18.2 Å². The standard InChI is InChI=1S/C24H25BrFNO.ClH/c1-18(11-12-19-7-3-2-4-8-19)27-16-21-15-22(25)13-14-24(21)28-17-20-9-5-6-10-23(20)26;/h2-10,13-15,18,27H,11-12,16-17H2,1H3;1H. The van der Waals surface area contributed by atoms with E-state index in [-0.39, 0.29) is 24.8 Å². The van der Waals surface area contributed by atoms with Crippen LogP contribution in [0.25, 0.3) is 0 Å². The van der Waals surface area contributed by atoms with Gasteiger partial charge in [-0.1, -0.05) is 64.5 Å². The van der Waals surface area contributed by atoms with Crippen molar-refractivity contribution in [3.8, 4) is 5.75 Å². The van der Waals surface area contributed by atoms with Gasteiger partial charge in [-0.25, -0.2) is 4.39 Å². The largest absolute Gasteiger partial charge is 0.488 e. The van der Waals surface area contributed by atoms with Crippen molar-refractivity contribution in [3.05, 3.63) is 99.8 Å². The Bertz CT molecular complexity index is 891. The van der Waals surface area contributed by atoms with Crippen LogP contribution in [-0.4, -0.2) is 6.04 Å². The normalized spacial score (nSPS) is 11.6. The highest BCUT2D eigenvalue weighted by atomic mass is 79.9. The topological polar surface area (TPSA) is 21.3 Å². The van der Waals surface area contributed by atoms with Crippen LogP contribution in [0.3, 0.4) is 0 Å². The van der Waals surface area contributed by atoms with Crippen LogP contribution in [0.15, 0.2) is 77.3 Å². The van der Waals surface area contributed by atoms with Crippen molar-refractivity contribution in [2.45, 2.75) is 39.0 Å². The fourth-order valence-electron chi connectivity index (χ4n) is 3.01. The van der Waals surface area contributed by atoms with Crippen molar-refractivity contribution >= 4 is 28.3 Å². The summed E-state index contributed by atoms with van der Waals surface area (Å²) in [7, 11) is 0. The average molecular weight is 479 g/mol. The minimum absolute atomic E-state index is 0. The lowest BCUT2D eigenvalue weighted by Crippen LogP contribution is -2.26. The lowest BCUT2D eigenvalue weighted by atomic mass is 10.1. The number of benzene rings is 3. The summed E-state index contributed by atoms with van der Waals surface area (Å²) in [6.07, 6.45) is 2.10. The SMILES string of the molecule is CC(CCc1ccccc1)NCc1cc(Br)ccc1OCc1ccccc1F.Cl. The first-order chi connectivity index (χ1) is 13.6. The van der Waals surface area contributed by atoms with Crippen LogP contribution in [0.4, 0.5) is 4.39 Å². The first-order valence-corrected chi connectivity index (χ1v) is 10.3.